The Labute approximate surface area is 104 Å². The molecule has 0 unspecified atom stereocenters. The average Bonchev–Trinajstić information content (AvgIpc) is 2.70. The van der Waals surface area contributed by atoms with Crippen molar-refractivity contribution < 1.29 is 19.0 Å². The Kier molecular flexibility index (Phi) is 3.38. The Morgan fingerprint density at radius 1 is 1.56 bits per heavy atom. The molecule has 0 aliphatic carbocycles. The second kappa shape index (κ2) is 4.81. The van der Waals surface area contributed by atoms with Crippen molar-refractivity contribution in [2.75, 3.05) is 37.0 Å². The van der Waals surface area contributed by atoms with Gasteiger partial charge in [-0.3, -0.25) is 4.90 Å². The van der Waals surface area contributed by atoms with E-state index in [-0.39, 0.29) is 13.2 Å². The molecule has 0 saturated carbocycles. The first-order valence-electron chi connectivity index (χ1n) is 5.59. The summed E-state index contributed by atoms with van der Waals surface area (Å²) in [4.78, 5) is 14.5. The maximum Gasteiger partial charge on any atom is 0.414 e. The predicted molar refractivity (Wildman–Crippen MR) is 65.4 cm³/mol. The number of hydrogen-bond acceptors (Lipinski definition) is 4. The Morgan fingerprint density at radius 3 is 2.78 bits per heavy atom. The molecule has 18 heavy (non-hydrogen) atoms. The third-order valence-corrected chi connectivity index (χ3v) is 2.80. The summed E-state index contributed by atoms with van der Waals surface area (Å²) in [5.41, 5.74) is 0.879. The highest BCUT2D eigenvalue weighted by atomic mass is 19.1. The van der Waals surface area contributed by atoms with Crippen molar-refractivity contribution in [1.29, 1.82) is 0 Å². The van der Waals surface area contributed by atoms with Crippen molar-refractivity contribution in [3.63, 3.8) is 0 Å². The van der Waals surface area contributed by atoms with E-state index in [9.17, 15) is 9.18 Å². The fourth-order valence-corrected chi connectivity index (χ4v) is 1.85. The zero-order valence-corrected chi connectivity index (χ0v) is 10.3. The molecule has 2 rings (SSSR count). The van der Waals surface area contributed by atoms with Crippen LogP contribution in [0.15, 0.2) is 18.2 Å². The van der Waals surface area contributed by atoms with Gasteiger partial charge in [0.25, 0.3) is 0 Å². The summed E-state index contributed by atoms with van der Waals surface area (Å²) in [5.74, 6) is -0.405. The molecule has 0 aromatic heterocycles. The van der Waals surface area contributed by atoms with Crippen LogP contribution in [0.5, 0.6) is 0 Å². The highest BCUT2D eigenvalue weighted by Crippen LogP contribution is 2.26. The van der Waals surface area contributed by atoms with Crippen molar-refractivity contribution >= 4 is 17.5 Å². The van der Waals surface area contributed by atoms with Crippen LogP contribution in [0.4, 0.5) is 20.6 Å². The van der Waals surface area contributed by atoms with Crippen molar-refractivity contribution in [1.82, 2.24) is 0 Å². The minimum Gasteiger partial charge on any atom is -0.441 e. The first-order chi connectivity index (χ1) is 8.52. The van der Waals surface area contributed by atoms with Crippen LogP contribution in [0.3, 0.4) is 0 Å². The molecule has 6 heteroatoms. The fraction of sp³-hybridized carbons (Fsp3) is 0.417. The van der Waals surface area contributed by atoms with Gasteiger partial charge in [0.1, 0.15) is 11.9 Å². The second-order valence-electron chi connectivity index (χ2n) is 4.33. The highest BCUT2D eigenvalue weighted by molar-refractivity contribution is 5.90. The monoisotopic (exact) mass is 254 g/mol. The van der Waals surface area contributed by atoms with Crippen molar-refractivity contribution in [3.8, 4) is 0 Å². The smallest absolute Gasteiger partial charge is 0.414 e. The number of halogens is 1. The number of aliphatic hydroxyl groups excluding tert-OH is 1. The summed E-state index contributed by atoms with van der Waals surface area (Å²) >= 11 is 0. The van der Waals surface area contributed by atoms with E-state index in [0.29, 0.717) is 11.4 Å². The molecule has 1 aliphatic heterocycles. The largest absolute Gasteiger partial charge is 0.441 e. The van der Waals surface area contributed by atoms with Crippen LogP contribution in [-0.2, 0) is 4.74 Å². The Balaban J connectivity index is 2.25. The number of nitrogens with zero attached hydrogens (tertiary/aromatic N) is 2. The van der Waals surface area contributed by atoms with Crippen LogP contribution < -0.4 is 9.80 Å². The molecule has 1 fully saturated rings. The summed E-state index contributed by atoms with van der Waals surface area (Å²) in [6.07, 6.45) is -1.11. The summed E-state index contributed by atoms with van der Waals surface area (Å²) in [5, 5.41) is 8.94. The van der Waals surface area contributed by atoms with Gasteiger partial charge < -0.3 is 14.7 Å². The summed E-state index contributed by atoms with van der Waals surface area (Å²) in [6.45, 7) is -0.00339. The molecule has 1 aromatic rings. The van der Waals surface area contributed by atoms with E-state index in [1.807, 2.05) is 0 Å². The summed E-state index contributed by atoms with van der Waals surface area (Å²) < 4.78 is 18.7. The van der Waals surface area contributed by atoms with Gasteiger partial charge in [-0.15, -0.1) is 0 Å². The maximum atomic E-state index is 13.8. The lowest BCUT2D eigenvalue weighted by Crippen LogP contribution is -2.25. The van der Waals surface area contributed by atoms with Gasteiger partial charge in [0.2, 0.25) is 0 Å². The van der Waals surface area contributed by atoms with Crippen LogP contribution in [0.25, 0.3) is 0 Å². The molecule has 1 saturated heterocycles. The molecule has 1 N–H and O–H groups in total. The normalized spacial score (nSPS) is 19.0. The van der Waals surface area contributed by atoms with Crippen LogP contribution in [0.2, 0.25) is 0 Å². The van der Waals surface area contributed by atoms with Crippen LogP contribution >= 0.6 is 0 Å². The third-order valence-electron chi connectivity index (χ3n) is 2.80. The average molecular weight is 254 g/mol. The molecular formula is C12H15FN2O3. The molecule has 1 aromatic carbocycles. The number of carbonyl (C=O) groups excluding carboxylic acids is 1. The molecule has 5 nitrogen and oxygen atoms in total. The summed E-state index contributed by atoms with van der Waals surface area (Å²) in [7, 11) is 3.48. The lowest BCUT2D eigenvalue weighted by molar-refractivity contribution is 0.0963. The fourth-order valence-electron chi connectivity index (χ4n) is 1.85. The standard InChI is InChI=1S/C12H15FN2O3/c1-14(2)11-4-3-8(5-10(11)13)15-6-9(7-16)18-12(15)17/h3-5,9,16H,6-7H2,1-2H3/t9-/m1/s1. The lowest BCUT2D eigenvalue weighted by atomic mass is 10.2. The number of rotatable bonds is 3. The van der Waals surface area contributed by atoms with E-state index >= 15 is 0 Å². The molecular weight excluding hydrogens is 239 g/mol. The van der Waals surface area contributed by atoms with Gasteiger partial charge in [-0.05, 0) is 18.2 Å². The molecule has 1 amide bonds. The van der Waals surface area contributed by atoms with E-state index in [4.69, 9.17) is 9.84 Å². The van der Waals surface area contributed by atoms with Crippen LogP contribution in [0.1, 0.15) is 0 Å². The van der Waals surface area contributed by atoms with Crippen molar-refractivity contribution in [3.05, 3.63) is 24.0 Å². The minimum absolute atomic E-state index is 0.232. The van der Waals surface area contributed by atoms with E-state index < -0.39 is 18.0 Å². The van der Waals surface area contributed by atoms with Gasteiger partial charge in [-0.2, -0.15) is 0 Å². The van der Waals surface area contributed by atoms with Gasteiger partial charge in [0.05, 0.1) is 24.5 Å². The first-order valence-corrected chi connectivity index (χ1v) is 5.59. The number of cyclic esters (lactones) is 1. The highest BCUT2D eigenvalue weighted by Gasteiger charge is 2.32. The molecule has 1 aliphatic rings. The van der Waals surface area contributed by atoms with Gasteiger partial charge in [-0.25, -0.2) is 9.18 Å². The summed E-state index contributed by atoms with van der Waals surface area (Å²) in [6, 6.07) is 4.54. The zero-order valence-electron chi connectivity index (χ0n) is 10.3. The topological polar surface area (TPSA) is 53.0 Å². The Morgan fingerprint density at radius 2 is 2.28 bits per heavy atom. The minimum atomic E-state index is -0.564. The molecule has 1 heterocycles. The third kappa shape index (κ3) is 2.24. The van der Waals surface area contributed by atoms with E-state index in [1.165, 1.54) is 11.0 Å². The van der Waals surface area contributed by atoms with Gasteiger partial charge in [-0.1, -0.05) is 0 Å². The number of anilines is 2. The van der Waals surface area contributed by atoms with E-state index in [2.05, 4.69) is 0 Å². The zero-order chi connectivity index (χ0) is 13.3. The number of carbonyl (C=O) groups is 1. The Bertz CT molecular complexity index is 465. The molecule has 98 valence electrons. The molecule has 0 spiro atoms. The number of aliphatic hydroxyl groups is 1. The maximum absolute atomic E-state index is 13.8. The number of ether oxygens (including phenoxy) is 1. The van der Waals surface area contributed by atoms with E-state index in [0.717, 1.165) is 0 Å². The second-order valence-corrected chi connectivity index (χ2v) is 4.33. The van der Waals surface area contributed by atoms with Crippen molar-refractivity contribution in [2.24, 2.45) is 0 Å². The lowest BCUT2D eigenvalue weighted by Gasteiger charge is -2.17. The first kappa shape index (κ1) is 12.6. The number of amides is 1. The SMILES string of the molecule is CN(C)c1ccc(N2C[C@H](CO)OC2=O)cc1F. The predicted octanol–water partition coefficient (Wildman–Crippen LogP) is 1.21. The molecule has 0 bridgehead atoms. The van der Waals surface area contributed by atoms with Crippen LogP contribution in [-0.4, -0.2) is 44.6 Å². The molecule has 0 radical (unpaired) electrons. The quantitative estimate of drug-likeness (QED) is 0.881. The van der Waals surface area contributed by atoms with Crippen molar-refractivity contribution in [2.45, 2.75) is 6.10 Å². The van der Waals surface area contributed by atoms with Gasteiger partial charge in [0.15, 0.2) is 0 Å². The van der Waals surface area contributed by atoms with E-state index in [1.54, 1.807) is 31.1 Å². The Hall–Kier alpha value is -1.82. The van der Waals surface area contributed by atoms with Gasteiger partial charge in [0, 0.05) is 14.1 Å². The van der Waals surface area contributed by atoms with Crippen LogP contribution in [0, 0.1) is 5.82 Å². The van der Waals surface area contributed by atoms with Gasteiger partial charge >= 0.3 is 6.09 Å². The number of benzene rings is 1. The number of hydrogen-bond donors (Lipinski definition) is 1. The molecule has 1 atom stereocenters.